The molecule has 41 heavy (non-hydrogen) atoms. The van der Waals surface area contributed by atoms with E-state index < -0.39 is 10.0 Å². The monoisotopic (exact) mass is 577 g/mol. The average molecular weight is 578 g/mol. The second-order valence-corrected chi connectivity index (χ2v) is 11.3. The molecule has 3 aromatic carbocycles. The van der Waals surface area contributed by atoms with E-state index in [2.05, 4.69) is 25.3 Å². The molecule has 2 amide bonds. The fourth-order valence-electron chi connectivity index (χ4n) is 4.78. The lowest BCUT2D eigenvalue weighted by atomic mass is 9.92. The molecule has 214 valence electrons. The third-order valence-electron chi connectivity index (χ3n) is 6.85. The second kappa shape index (κ2) is 12.4. The third kappa shape index (κ3) is 6.84. The summed E-state index contributed by atoms with van der Waals surface area (Å²) in [6.45, 7) is 0. The number of fused-ring (bicyclic) bond motifs is 1. The summed E-state index contributed by atoms with van der Waals surface area (Å²) in [5.74, 6) is 1.87. The van der Waals surface area contributed by atoms with Crippen LogP contribution >= 0.6 is 0 Å². The summed E-state index contributed by atoms with van der Waals surface area (Å²) in [6, 6.07) is 18.2. The number of carbonyl (C=O) groups excluding carboxylic acids is 1. The molecule has 0 radical (unpaired) electrons. The van der Waals surface area contributed by atoms with Gasteiger partial charge in [-0.25, -0.2) is 27.9 Å². The normalized spacial score (nSPS) is 17.0. The lowest BCUT2D eigenvalue weighted by Crippen LogP contribution is -2.44. The number of hydrogen-bond donors (Lipinski definition) is 3. The lowest BCUT2D eigenvalue weighted by Gasteiger charge is -2.29. The van der Waals surface area contributed by atoms with Crippen molar-refractivity contribution in [1.29, 1.82) is 0 Å². The summed E-state index contributed by atoms with van der Waals surface area (Å²) >= 11 is 0. The summed E-state index contributed by atoms with van der Waals surface area (Å²) < 4.78 is 44.8. The molecule has 0 saturated heterocycles. The van der Waals surface area contributed by atoms with Crippen molar-refractivity contribution >= 4 is 32.6 Å². The molecule has 1 heterocycles. The van der Waals surface area contributed by atoms with Gasteiger partial charge in [0.05, 0.1) is 30.0 Å². The number of ether oxygens (including phenoxy) is 3. The predicted molar refractivity (Wildman–Crippen MR) is 154 cm³/mol. The van der Waals surface area contributed by atoms with Gasteiger partial charge in [0.25, 0.3) is 0 Å². The molecule has 0 unspecified atom stereocenters. The standard InChI is InChI=1S/C29H31N5O6S/c1-38-26-16-24-25(17-27(26)39-2)30-18-31-28(24)40-22-8-6-7-21(15-22)33-29(35)32-19-11-13-20(14-12-19)34-41(36,37)23-9-4-3-5-10-23/h3-10,15-20,34H,11-14H2,1-2H3,(H2,32,33,35). The van der Waals surface area contributed by atoms with Crippen molar-refractivity contribution < 1.29 is 27.4 Å². The molecule has 1 aliphatic rings. The first-order chi connectivity index (χ1) is 19.8. The van der Waals surface area contributed by atoms with Crippen LogP contribution in [0.1, 0.15) is 25.7 Å². The number of nitrogens with zero attached hydrogens (tertiary/aromatic N) is 2. The van der Waals surface area contributed by atoms with Gasteiger partial charge in [-0.1, -0.05) is 24.3 Å². The van der Waals surface area contributed by atoms with Gasteiger partial charge in [-0.15, -0.1) is 0 Å². The van der Waals surface area contributed by atoms with Crippen LogP contribution in [0.25, 0.3) is 10.9 Å². The molecule has 1 aromatic heterocycles. The molecule has 1 fully saturated rings. The lowest BCUT2D eigenvalue weighted by molar-refractivity contribution is 0.242. The van der Waals surface area contributed by atoms with Crippen LogP contribution in [0.15, 0.2) is 78.0 Å². The van der Waals surface area contributed by atoms with E-state index in [1.165, 1.54) is 6.33 Å². The number of carbonyl (C=O) groups is 1. The van der Waals surface area contributed by atoms with Crippen molar-refractivity contribution in [3.8, 4) is 23.1 Å². The van der Waals surface area contributed by atoms with Crippen molar-refractivity contribution in [3.63, 3.8) is 0 Å². The van der Waals surface area contributed by atoms with Crippen molar-refractivity contribution in [3.05, 3.63) is 73.1 Å². The van der Waals surface area contributed by atoms with E-state index in [0.29, 0.717) is 65.4 Å². The van der Waals surface area contributed by atoms with Gasteiger partial charge in [0, 0.05) is 29.9 Å². The van der Waals surface area contributed by atoms with E-state index in [1.54, 1.807) is 80.9 Å². The Morgan fingerprint density at radius 1 is 0.854 bits per heavy atom. The van der Waals surface area contributed by atoms with Crippen molar-refractivity contribution in [2.45, 2.75) is 42.7 Å². The number of urea groups is 1. The zero-order valence-electron chi connectivity index (χ0n) is 22.7. The number of benzene rings is 3. The highest BCUT2D eigenvalue weighted by Crippen LogP contribution is 2.36. The van der Waals surface area contributed by atoms with Crippen LogP contribution in [0.5, 0.6) is 23.1 Å². The van der Waals surface area contributed by atoms with Gasteiger partial charge in [0.1, 0.15) is 12.1 Å². The fraction of sp³-hybridized carbons (Fsp3) is 0.276. The number of rotatable bonds is 9. The molecule has 4 aromatic rings. The van der Waals surface area contributed by atoms with Crippen molar-refractivity contribution in [2.75, 3.05) is 19.5 Å². The predicted octanol–water partition coefficient (Wildman–Crippen LogP) is 4.85. The highest BCUT2D eigenvalue weighted by Gasteiger charge is 2.26. The summed E-state index contributed by atoms with van der Waals surface area (Å²) in [5, 5.41) is 6.47. The van der Waals surface area contributed by atoms with Crippen LogP contribution in [0, 0.1) is 0 Å². The zero-order chi connectivity index (χ0) is 28.8. The Balaban J connectivity index is 1.17. The Bertz CT molecular complexity index is 1630. The number of sulfonamides is 1. The topological polar surface area (TPSA) is 141 Å². The van der Waals surface area contributed by atoms with E-state index in [-0.39, 0.29) is 23.0 Å². The first-order valence-corrected chi connectivity index (χ1v) is 14.6. The van der Waals surface area contributed by atoms with E-state index in [1.807, 2.05) is 0 Å². The van der Waals surface area contributed by atoms with Gasteiger partial charge in [-0.05, 0) is 56.0 Å². The number of methoxy groups -OCH3 is 2. The van der Waals surface area contributed by atoms with Gasteiger partial charge < -0.3 is 24.8 Å². The maximum atomic E-state index is 12.7. The molecular formula is C29H31N5O6S. The van der Waals surface area contributed by atoms with E-state index in [9.17, 15) is 13.2 Å². The average Bonchev–Trinajstić information content (AvgIpc) is 2.98. The minimum absolute atomic E-state index is 0.0636. The van der Waals surface area contributed by atoms with Gasteiger partial charge in [0.15, 0.2) is 11.5 Å². The summed E-state index contributed by atoms with van der Waals surface area (Å²) in [5.41, 5.74) is 1.17. The van der Waals surface area contributed by atoms with E-state index in [4.69, 9.17) is 14.2 Å². The molecule has 5 rings (SSSR count). The molecule has 0 spiro atoms. The van der Waals surface area contributed by atoms with Gasteiger partial charge >= 0.3 is 6.03 Å². The zero-order valence-corrected chi connectivity index (χ0v) is 23.5. The summed E-state index contributed by atoms with van der Waals surface area (Å²) in [6.07, 6.45) is 3.98. The SMILES string of the molecule is COc1cc2ncnc(Oc3cccc(NC(=O)NC4CCC(NS(=O)(=O)c5ccccc5)CC4)c3)c2cc1OC. The Hall–Kier alpha value is -4.42. The number of nitrogens with one attached hydrogen (secondary N) is 3. The minimum Gasteiger partial charge on any atom is -0.493 e. The quantitative estimate of drug-likeness (QED) is 0.256. The van der Waals surface area contributed by atoms with Crippen LogP contribution in [0.3, 0.4) is 0 Å². The molecule has 0 bridgehead atoms. The van der Waals surface area contributed by atoms with Crippen molar-refractivity contribution in [1.82, 2.24) is 20.0 Å². The maximum absolute atomic E-state index is 12.7. The molecule has 0 aliphatic heterocycles. The molecule has 11 nitrogen and oxygen atoms in total. The third-order valence-corrected chi connectivity index (χ3v) is 8.38. The first-order valence-electron chi connectivity index (χ1n) is 13.1. The van der Waals surface area contributed by atoms with Crippen LogP contribution in [0.2, 0.25) is 0 Å². The van der Waals surface area contributed by atoms with Crippen LogP contribution < -0.4 is 29.6 Å². The van der Waals surface area contributed by atoms with Crippen LogP contribution in [-0.4, -0.2) is 50.7 Å². The Labute approximate surface area is 238 Å². The highest BCUT2D eigenvalue weighted by atomic mass is 32.2. The molecule has 12 heteroatoms. The molecular weight excluding hydrogens is 546 g/mol. The molecule has 1 aliphatic carbocycles. The number of amides is 2. The van der Waals surface area contributed by atoms with E-state index >= 15 is 0 Å². The Kier molecular flexibility index (Phi) is 8.50. The molecule has 3 N–H and O–H groups in total. The first kappa shape index (κ1) is 28.1. The maximum Gasteiger partial charge on any atom is 0.319 e. The number of anilines is 1. The minimum atomic E-state index is -3.57. The Morgan fingerprint density at radius 3 is 2.29 bits per heavy atom. The van der Waals surface area contributed by atoms with Gasteiger partial charge in [-0.3, -0.25) is 0 Å². The Morgan fingerprint density at radius 2 is 1.56 bits per heavy atom. The van der Waals surface area contributed by atoms with Gasteiger partial charge in [0.2, 0.25) is 15.9 Å². The van der Waals surface area contributed by atoms with Gasteiger partial charge in [-0.2, -0.15) is 0 Å². The van der Waals surface area contributed by atoms with Crippen molar-refractivity contribution in [2.24, 2.45) is 0 Å². The fourth-order valence-corrected chi connectivity index (χ4v) is 6.11. The summed E-state index contributed by atoms with van der Waals surface area (Å²) in [4.78, 5) is 21.5. The van der Waals surface area contributed by atoms with Crippen LogP contribution in [-0.2, 0) is 10.0 Å². The smallest absolute Gasteiger partial charge is 0.319 e. The highest BCUT2D eigenvalue weighted by molar-refractivity contribution is 7.89. The van der Waals surface area contributed by atoms with E-state index in [0.717, 1.165) is 0 Å². The molecule has 0 atom stereocenters. The number of aromatic nitrogens is 2. The summed E-state index contributed by atoms with van der Waals surface area (Å²) in [7, 11) is -0.465. The van der Waals surface area contributed by atoms with Crippen LogP contribution in [0.4, 0.5) is 10.5 Å². The second-order valence-electron chi connectivity index (χ2n) is 9.61. The molecule has 1 saturated carbocycles. The largest absolute Gasteiger partial charge is 0.493 e. The number of hydrogen-bond acceptors (Lipinski definition) is 8.